The van der Waals surface area contributed by atoms with E-state index in [0.717, 1.165) is 18.7 Å². The van der Waals surface area contributed by atoms with Gasteiger partial charge in [-0.25, -0.2) is 4.98 Å². The van der Waals surface area contributed by atoms with Crippen LogP contribution >= 0.6 is 0 Å². The quantitative estimate of drug-likeness (QED) is 0.646. The van der Waals surface area contributed by atoms with Crippen LogP contribution < -0.4 is 5.32 Å². The largest absolute Gasteiger partial charge is 0.344 e. The van der Waals surface area contributed by atoms with E-state index in [1.165, 1.54) is 13.3 Å². The molecule has 5 heteroatoms. The summed E-state index contributed by atoms with van der Waals surface area (Å²) >= 11 is 0. The number of carbonyl (C=O) groups is 1. The van der Waals surface area contributed by atoms with Crippen molar-refractivity contribution < 1.29 is 4.79 Å². The maximum atomic E-state index is 10.8. The fraction of sp³-hybridized carbons (Fsp3) is 0.571. The Morgan fingerprint density at radius 3 is 2.92 bits per heavy atom. The second kappa shape index (κ2) is 2.30. The zero-order chi connectivity index (χ0) is 8.60. The lowest BCUT2D eigenvalue weighted by molar-refractivity contribution is -0.120. The molecular weight excluding hydrogens is 156 g/mol. The van der Waals surface area contributed by atoms with Crippen LogP contribution in [0.3, 0.4) is 0 Å². The number of aromatic nitrogens is 3. The van der Waals surface area contributed by atoms with Crippen molar-refractivity contribution in [1.82, 2.24) is 20.5 Å². The van der Waals surface area contributed by atoms with Crippen LogP contribution in [0.15, 0.2) is 6.33 Å². The Morgan fingerprint density at radius 1 is 1.75 bits per heavy atom. The van der Waals surface area contributed by atoms with Gasteiger partial charge in [0, 0.05) is 6.92 Å². The molecule has 0 radical (unpaired) electrons. The maximum absolute atomic E-state index is 10.8. The number of hydrogen-bond acceptors (Lipinski definition) is 3. The standard InChI is InChI=1S/C7H10N4O/c1-5(12)10-7(2-3-7)6-8-4-9-11-6/h4H,2-3H2,1H3,(H,10,12)(H,8,9,11). The molecule has 12 heavy (non-hydrogen) atoms. The van der Waals surface area contributed by atoms with Crippen molar-refractivity contribution in [3.63, 3.8) is 0 Å². The Kier molecular flexibility index (Phi) is 1.39. The van der Waals surface area contributed by atoms with Crippen LogP contribution in [-0.2, 0) is 10.3 Å². The number of H-pyrrole nitrogens is 1. The molecule has 1 aliphatic rings. The SMILES string of the molecule is CC(=O)NC1(c2ncn[nH]2)CC1. The minimum absolute atomic E-state index is 0.0242. The summed E-state index contributed by atoms with van der Waals surface area (Å²) in [5.74, 6) is 0.738. The Labute approximate surface area is 69.6 Å². The molecule has 1 amide bonds. The molecule has 0 bridgehead atoms. The van der Waals surface area contributed by atoms with E-state index in [2.05, 4.69) is 20.5 Å². The van der Waals surface area contributed by atoms with E-state index in [9.17, 15) is 4.79 Å². The first-order valence-corrected chi connectivity index (χ1v) is 3.87. The molecule has 0 unspecified atom stereocenters. The first-order chi connectivity index (χ1) is 5.73. The summed E-state index contributed by atoms with van der Waals surface area (Å²) in [7, 11) is 0. The van der Waals surface area contributed by atoms with Gasteiger partial charge in [0.2, 0.25) is 5.91 Å². The summed E-state index contributed by atoms with van der Waals surface area (Å²) in [4.78, 5) is 14.8. The van der Waals surface area contributed by atoms with Gasteiger partial charge in [-0.05, 0) is 12.8 Å². The number of amides is 1. The normalized spacial score (nSPS) is 18.8. The van der Waals surface area contributed by atoms with Gasteiger partial charge >= 0.3 is 0 Å². The summed E-state index contributed by atoms with van der Waals surface area (Å²) in [6, 6.07) is 0. The van der Waals surface area contributed by atoms with Crippen LogP contribution in [0, 0.1) is 0 Å². The zero-order valence-corrected chi connectivity index (χ0v) is 6.79. The van der Waals surface area contributed by atoms with Gasteiger partial charge in [0.15, 0.2) is 0 Å². The van der Waals surface area contributed by atoms with Crippen LogP contribution in [0.25, 0.3) is 0 Å². The summed E-state index contributed by atoms with van der Waals surface area (Å²) in [5, 5.41) is 9.38. The predicted octanol–water partition coefficient (Wildman–Crippen LogP) is -0.0701. The second-order valence-electron chi connectivity index (χ2n) is 3.10. The van der Waals surface area contributed by atoms with Crippen molar-refractivity contribution in [2.45, 2.75) is 25.3 Å². The van der Waals surface area contributed by atoms with Crippen LogP contribution in [0.5, 0.6) is 0 Å². The lowest BCUT2D eigenvalue weighted by Crippen LogP contribution is -2.33. The summed E-state index contributed by atoms with van der Waals surface area (Å²) < 4.78 is 0. The molecule has 1 fully saturated rings. The van der Waals surface area contributed by atoms with Gasteiger partial charge in [-0.2, -0.15) is 5.10 Å². The van der Waals surface area contributed by atoms with Gasteiger partial charge in [0.25, 0.3) is 0 Å². The summed E-state index contributed by atoms with van der Waals surface area (Å²) in [6.07, 6.45) is 3.35. The Balaban J connectivity index is 2.17. The minimum Gasteiger partial charge on any atom is -0.344 e. The van der Waals surface area contributed by atoms with E-state index < -0.39 is 0 Å². The average Bonchev–Trinajstić information content (AvgIpc) is 2.61. The maximum Gasteiger partial charge on any atom is 0.217 e. The van der Waals surface area contributed by atoms with Crippen LogP contribution in [0.1, 0.15) is 25.6 Å². The first-order valence-electron chi connectivity index (χ1n) is 3.87. The van der Waals surface area contributed by atoms with Crippen LogP contribution in [-0.4, -0.2) is 21.1 Å². The van der Waals surface area contributed by atoms with Crippen molar-refractivity contribution in [2.75, 3.05) is 0 Å². The summed E-state index contributed by atoms with van der Waals surface area (Å²) in [6.45, 7) is 1.51. The van der Waals surface area contributed by atoms with Gasteiger partial charge in [-0.15, -0.1) is 0 Å². The number of carbonyl (C=O) groups excluding carboxylic acids is 1. The molecule has 64 valence electrons. The minimum atomic E-state index is -0.234. The molecule has 1 aliphatic carbocycles. The van der Waals surface area contributed by atoms with E-state index >= 15 is 0 Å². The summed E-state index contributed by atoms with van der Waals surface area (Å²) in [5.41, 5.74) is -0.234. The molecule has 5 nitrogen and oxygen atoms in total. The molecule has 1 aromatic rings. The number of hydrogen-bond donors (Lipinski definition) is 2. The lowest BCUT2D eigenvalue weighted by atomic mass is 10.2. The van der Waals surface area contributed by atoms with Crippen molar-refractivity contribution in [3.8, 4) is 0 Å². The van der Waals surface area contributed by atoms with E-state index in [-0.39, 0.29) is 11.4 Å². The highest BCUT2D eigenvalue weighted by Crippen LogP contribution is 2.43. The number of nitrogens with zero attached hydrogens (tertiary/aromatic N) is 2. The molecule has 1 saturated carbocycles. The van der Waals surface area contributed by atoms with Gasteiger partial charge < -0.3 is 5.32 Å². The molecule has 0 atom stereocenters. The zero-order valence-electron chi connectivity index (χ0n) is 6.79. The average molecular weight is 166 g/mol. The molecule has 1 heterocycles. The molecule has 0 spiro atoms. The number of rotatable bonds is 2. The highest BCUT2D eigenvalue weighted by molar-refractivity contribution is 5.74. The van der Waals surface area contributed by atoms with Crippen molar-refractivity contribution in [2.24, 2.45) is 0 Å². The Morgan fingerprint density at radius 2 is 2.50 bits per heavy atom. The molecular formula is C7H10N4O. The highest BCUT2D eigenvalue weighted by atomic mass is 16.1. The molecule has 0 saturated heterocycles. The van der Waals surface area contributed by atoms with E-state index in [0.29, 0.717) is 0 Å². The van der Waals surface area contributed by atoms with Crippen LogP contribution in [0.2, 0.25) is 0 Å². The van der Waals surface area contributed by atoms with Crippen molar-refractivity contribution >= 4 is 5.91 Å². The van der Waals surface area contributed by atoms with E-state index in [1.807, 2.05) is 0 Å². The number of aromatic amines is 1. The van der Waals surface area contributed by atoms with E-state index in [4.69, 9.17) is 0 Å². The van der Waals surface area contributed by atoms with Crippen LogP contribution in [0.4, 0.5) is 0 Å². The third kappa shape index (κ3) is 1.07. The Hall–Kier alpha value is -1.39. The topological polar surface area (TPSA) is 70.7 Å². The van der Waals surface area contributed by atoms with E-state index in [1.54, 1.807) is 0 Å². The number of nitrogens with one attached hydrogen (secondary N) is 2. The molecule has 2 rings (SSSR count). The lowest BCUT2D eigenvalue weighted by Gasteiger charge is -2.11. The highest BCUT2D eigenvalue weighted by Gasteiger charge is 2.47. The van der Waals surface area contributed by atoms with Gasteiger partial charge in [-0.1, -0.05) is 0 Å². The van der Waals surface area contributed by atoms with Gasteiger partial charge in [0.1, 0.15) is 12.2 Å². The first kappa shape index (κ1) is 7.27. The predicted molar refractivity (Wildman–Crippen MR) is 41.1 cm³/mol. The molecule has 1 aromatic heterocycles. The fourth-order valence-electron chi connectivity index (χ4n) is 1.32. The van der Waals surface area contributed by atoms with Crippen molar-refractivity contribution in [1.29, 1.82) is 0 Å². The molecule has 0 aromatic carbocycles. The van der Waals surface area contributed by atoms with Gasteiger partial charge in [0.05, 0.1) is 5.54 Å². The Bertz CT molecular complexity index is 288. The monoisotopic (exact) mass is 166 g/mol. The molecule has 0 aliphatic heterocycles. The third-order valence-corrected chi connectivity index (χ3v) is 2.03. The second-order valence-corrected chi connectivity index (χ2v) is 3.10. The van der Waals surface area contributed by atoms with Crippen molar-refractivity contribution in [3.05, 3.63) is 12.2 Å². The van der Waals surface area contributed by atoms with Gasteiger partial charge in [-0.3, -0.25) is 9.89 Å². The molecule has 2 N–H and O–H groups in total. The smallest absolute Gasteiger partial charge is 0.217 e. The third-order valence-electron chi connectivity index (χ3n) is 2.03. The fourth-order valence-corrected chi connectivity index (χ4v) is 1.32.